The number of nitrogens with one attached hydrogen (secondary N) is 3. The number of imidazole rings is 1. The van der Waals surface area contributed by atoms with Crippen molar-refractivity contribution >= 4 is 28.5 Å². The Morgan fingerprint density at radius 1 is 1.21 bits per heavy atom. The van der Waals surface area contributed by atoms with Crippen molar-refractivity contribution < 1.29 is 14.1 Å². The second kappa shape index (κ2) is 8.91. The SMILES string of the molecule is CC(C)(C)OC(=O)N1CCC2(CCC(Cc3ccc4[nH]c(=O)[nH]c4c3)C2)C1N[S+]([O-])C(C)(C)C. The van der Waals surface area contributed by atoms with Gasteiger partial charge in [-0.2, -0.15) is 0 Å². The quantitative estimate of drug-likeness (QED) is 0.556. The molecule has 2 aromatic rings. The lowest BCUT2D eigenvalue weighted by Crippen LogP contribution is -2.57. The van der Waals surface area contributed by atoms with Gasteiger partial charge >= 0.3 is 11.8 Å². The normalized spacial score (nSPS) is 26.5. The molecule has 1 saturated heterocycles. The molecule has 4 unspecified atom stereocenters. The van der Waals surface area contributed by atoms with Crippen LogP contribution in [0.3, 0.4) is 0 Å². The van der Waals surface area contributed by atoms with Crippen LogP contribution in [0.5, 0.6) is 0 Å². The summed E-state index contributed by atoms with van der Waals surface area (Å²) < 4.78 is 21.7. The van der Waals surface area contributed by atoms with E-state index in [1.165, 1.54) is 5.56 Å². The summed E-state index contributed by atoms with van der Waals surface area (Å²) in [6.07, 6.45) is 4.07. The third-order valence-corrected chi connectivity index (χ3v) is 8.55. The second-order valence-corrected chi connectivity index (χ2v) is 14.0. The van der Waals surface area contributed by atoms with Crippen LogP contribution in [-0.2, 0) is 22.5 Å². The maximum atomic E-state index is 13.1. The number of nitrogens with zero attached hydrogens (tertiary/aromatic N) is 1. The summed E-state index contributed by atoms with van der Waals surface area (Å²) in [5.41, 5.74) is 1.92. The zero-order valence-electron chi connectivity index (χ0n) is 21.1. The Balaban J connectivity index is 1.53. The molecule has 4 rings (SSSR count). The van der Waals surface area contributed by atoms with Crippen molar-refractivity contribution in [2.45, 2.75) is 90.2 Å². The average molecular weight is 491 g/mol. The van der Waals surface area contributed by atoms with Gasteiger partial charge in [0.15, 0.2) is 0 Å². The highest BCUT2D eigenvalue weighted by atomic mass is 32.2. The highest BCUT2D eigenvalue weighted by Gasteiger charge is 2.55. The van der Waals surface area contributed by atoms with Gasteiger partial charge in [-0.15, -0.1) is 4.72 Å². The van der Waals surface area contributed by atoms with Crippen molar-refractivity contribution in [3.05, 3.63) is 34.2 Å². The van der Waals surface area contributed by atoms with Crippen molar-refractivity contribution in [1.82, 2.24) is 19.6 Å². The molecule has 1 spiro atoms. The Morgan fingerprint density at radius 2 is 1.91 bits per heavy atom. The van der Waals surface area contributed by atoms with Crippen molar-refractivity contribution in [3.63, 3.8) is 0 Å². The van der Waals surface area contributed by atoms with Crippen molar-refractivity contribution in [1.29, 1.82) is 0 Å². The maximum absolute atomic E-state index is 13.1. The molecule has 3 N–H and O–H groups in total. The lowest BCUT2D eigenvalue weighted by molar-refractivity contribution is 0.0146. The van der Waals surface area contributed by atoms with E-state index >= 15 is 0 Å². The predicted molar refractivity (Wildman–Crippen MR) is 135 cm³/mol. The Hall–Kier alpha value is -1.97. The standard InChI is InChI=1S/C25H38N4O4S/c1-23(2,3)33-22(31)29-12-11-25(20(29)28-34(32)24(4,5)6)10-9-17(15-25)13-16-7-8-18-19(14-16)27-21(30)26-18/h7-8,14,17,20,28H,9-13,15H2,1-6H3,(H2,26,27,30). The Bertz CT molecular complexity index is 1100. The summed E-state index contributed by atoms with van der Waals surface area (Å²) in [5.74, 6) is 0.453. The van der Waals surface area contributed by atoms with Crippen molar-refractivity contribution in [3.8, 4) is 0 Å². The second-order valence-electron chi connectivity index (χ2n) is 12.0. The van der Waals surface area contributed by atoms with Crippen LogP contribution in [0, 0.1) is 11.3 Å². The van der Waals surface area contributed by atoms with Gasteiger partial charge in [-0.25, -0.2) is 9.59 Å². The first kappa shape index (κ1) is 25.1. The number of aromatic nitrogens is 2. The smallest absolute Gasteiger partial charge is 0.411 e. The lowest BCUT2D eigenvalue weighted by Gasteiger charge is -2.38. The number of H-pyrrole nitrogens is 2. The van der Waals surface area contributed by atoms with E-state index in [2.05, 4.69) is 20.8 Å². The van der Waals surface area contributed by atoms with Crippen LogP contribution in [0.1, 0.15) is 72.8 Å². The minimum atomic E-state index is -1.31. The fraction of sp³-hybridized carbons (Fsp3) is 0.680. The van der Waals surface area contributed by atoms with Gasteiger partial charge in [-0.1, -0.05) is 6.07 Å². The fourth-order valence-electron chi connectivity index (χ4n) is 5.38. The molecule has 2 aliphatic rings. The lowest BCUT2D eigenvalue weighted by atomic mass is 9.81. The molecular weight excluding hydrogens is 452 g/mol. The minimum Gasteiger partial charge on any atom is -0.598 e. The number of hydrogen-bond acceptors (Lipinski definition) is 5. The molecule has 4 atom stereocenters. The Morgan fingerprint density at radius 3 is 2.59 bits per heavy atom. The van der Waals surface area contributed by atoms with Gasteiger partial charge < -0.3 is 19.3 Å². The van der Waals surface area contributed by atoms with Crippen LogP contribution in [0.25, 0.3) is 11.0 Å². The van der Waals surface area contributed by atoms with Gasteiger partial charge in [0, 0.05) is 23.3 Å². The number of ether oxygens (including phenoxy) is 1. The molecule has 34 heavy (non-hydrogen) atoms. The number of carbonyl (C=O) groups is 1. The van der Waals surface area contributed by atoms with E-state index in [1.54, 1.807) is 4.90 Å². The molecule has 0 bridgehead atoms. The van der Waals surface area contributed by atoms with Crippen molar-refractivity contribution in [2.24, 2.45) is 11.3 Å². The zero-order chi connectivity index (χ0) is 24.9. The molecule has 2 fully saturated rings. The molecule has 1 saturated carbocycles. The van der Waals surface area contributed by atoms with E-state index in [-0.39, 0.29) is 23.4 Å². The fourth-order valence-corrected chi connectivity index (χ4v) is 6.32. The summed E-state index contributed by atoms with van der Waals surface area (Å²) in [4.78, 5) is 32.1. The largest absolute Gasteiger partial charge is 0.598 e. The van der Waals surface area contributed by atoms with Crippen LogP contribution in [0.2, 0.25) is 0 Å². The van der Waals surface area contributed by atoms with Crippen LogP contribution >= 0.6 is 0 Å². The summed E-state index contributed by atoms with van der Waals surface area (Å²) in [6.45, 7) is 12.0. The van der Waals surface area contributed by atoms with E-state index < -0.39 is 21.7 Å². The number of likely N-dealkylation sites (tertiary alicyclic amines) is 1. The predicted octanol–water partition coefficient (Wildman–Crippen LogP) is 4.20. The number of aromatic amines is 2. The van der Waals surface area contributed by atoms with E-state index in [9.17, 15) is 14.1 Å². The van der Waals surface area contributed by atoms with E-state index in [0.717, 1.165) is 43.1 Å². The number of fused-ring (bicyclic) bond motifs is 1. The third kappa shape index (κ3) is 5.31. The summed E-state index contributed by atoms with van der Waals surface area (Å²) in [5, 5.41) is 0. The molecule has 8 nitrogen and oxygen atoms in total. The number of amides is 1. The first-order valence-corrected chi connectivity index (χ1v) is 13.3. The van der Waals surface area contributed by atoms with Crippen molar-refractivity contribution in [2.75, 3.05) is 6.54 Å². The number of hydrogen-bond donors (Lipinski definition) is 3. The number of benzene rings is 1. The molecule has 1 aliphatic carbocycles. The summed E-state index contributed by atoms with van der Waals surface area (Å²) in [7, 11) is 0. The monoisotopic (exact) mass is 490 g/mol. The molecule has 2 heterocycles. The molecule has 9 heteroatoms. The van der Waals surface area contributed by atoms with Gasteiger partial charge in [0.2, 0.25) is 0 Å². The van der Waals surface area contributed by atoms with Crippen LogP contribution in [-0.4, -0.2) is 48.6 Å². The third-order valence-electron chi connectivity index (χ3n) is 7.00. The molecule has 1 aliphatic heterocycles. The van der Waals surface area contributed by atoms with Gasteiger partial charge in [0.25, 0.3) is 0 Å². The first-order chi connectivity index (χ1) is 15.8. The van der Waals surface area contributed by atoms with E-state index in [1.807, 2.05) is 53.7 Å². The zero-order valence-corrected chi connectivity index (χ0v) is 21.9. The van der Waals surface area contributed by atoms with Gasteiger partial charge in [0.05, 0.1) is 11.0 Å². The summed E-state index contributed by atoms with van der Waals surface area (Å²) >= 11 is -1.31. The Labute approximate surface area is 204 Å². The van der Waals surface area contributed by atoms with Crippen LogP contribution < -0.4 is 10.4 Å². The first-order valence-electron chi connectivity index (χ1n) is 12.1. The van der Waals surface area contributed by atoms with Crippen LogP contribution in [0.15, 0.2) is 23.0 Å². The minimum absolute atomic E-state index is 0.130. The number of carbonyl (C=O) groups excluding carboxylic acids is 1. The average Bonchev–Trinajstić information content (AvgIpc) is 3.37. The van der Waals surface area contributed by atoms with Gasteiger partial charge in [-0.3, -0.25) is 4.90 Å². The topological polar surface area (TPSA) is 113 Å². The highest BCUT2D eigenvalue weighted by Crippen LogP contribution is 2.52. The molecule has 1 amide bonds. The highest BCUT2D eigenvalue weighted by molar-refractivity contribution is 7.90. The Kier molecular flexibility index (Phi) is 6.59. The molecular formula is C25H38N4O4S. The molecule has 188 valence electrons. The van der Waals surface area contributed by atoms with E-state index in [4.69, 9.17) is 4.74 Å². The molecule has 1 aromatic heterocycles. The maximum Gasteiger partial charge on any atom is 0.411 e. The van der Waals surface area contributed by atoms with Gasteiger partial charge in [-0.05, 0) is 97.3 Å². The molecule has 1 aromatic carbocycles. The van der Waals surface area contributed by atoms with Crippen LogP contribution in [0.4, 0.5) is 4.79 Å². The number of rotatable bonds is 4. The van der Waals surface area contributed by atoms with E-state index in [0.29, 0.717) is 12.5 Å². The summed E-state index contributed by atoms with van der Waals surface area (Å²) in [6, 6.07) is 6.07. The molecule has 0 radical (unpaired) electrons. The van der Waals surface area contributed by atoms with Gasteiger partial charge in [0.1, 0.15) is 16.5 Å².